The number of halogens is 1. The van der Waals surface area contributed by atoms with Crippen LogP contribution in [-0.4, -0.2) is 19.2 Å². The van der Waals surface area contributed by atoms with Crippen molar-refractivity contribution in [3.8, 4) is 0 Å². The van der Waals surface area contributed by atoms with E-state index in [1.807, 2.05) is 0 Å². The zero-order chi connectivity index (χ0) is 17.9. The van der Waals surface area contributed by atoms with Crippen LogP contribution in [0, 0.1) is 10.1 Å². The summed E-state index contributed by atoms with van der Waals surface area (Å²) in [7, 11) is -3.65. The van der Waals surface area contributed by atoms with Gasteiger partial charge in [0.15, 0.2) is 0 Å². The minimum Gasteiger partial charge on any atom is -0.322 e. The van der Waals surface area contributed by atoms with E-state index in [0.717, 1.165) is 6.07 Å². The SMILES string of the molecule is NS(=O)(=O)Cc1ccc(NC(=O)c2ccc(Cl)cc2[N+](=O)[O-])cc1. The standard InChI is InChI=1S/C14H12ClN3O5S/c15-10-3-6-12(13(7-10)18(20)21)14(19)17-11-4-1-9(2-5-11)8-24(16,22)23/h1-7H,8H2,(H,17,19)(H2,16,22,23). The Morgan fingerprint density at radius 1 is 1.21 bits per heavy atom. The molecule has 2 rings (SSSR count). The second-order valence-electron chi connectivity index (χ2n) is 4.88. The van der Waals surface area contributed by atoms with Crippen LogP contribution in [0.25, 0.3) is 0 Å². The van der Waals surface area contributed by atoms with E-state index in [-0.39, 0.29) is 16.3 Å². The number of hydrogen-bond donors (Lipinski definition) is 2. The fraction of sp³-hybridized carbons (Fsp3) is 0.0714. The Kier molecular flexibility index (Phi) is 5.17. The van der Waals surface area contributed by atoms with Crippen LogP contribution >= 0.6 is 11.6 Å². The van der Waals surface area contributed by atoms with E-state index < -0.39 is 26.5 Å². The second kappa shape index (κ2) is 6.95. The van der Waals surface area contributed by atoms with Gasteiger partial charge in [0.1, 0.15) is 5.56 Å². The summed E-state index contributed by atoms with van der Waals surface area (Å²) in [5, 5.41) is 18.6. The van der Waals surface area contributed by atoms with Crippen LogP contribution in [0.15, 0.2) is 42.5 Å². The molecule has 1 amide bonds. The molecule has 0 fully saturated rings. The molecule has 0 atom stereocenters. The molecule has 24 heavy (non-hydrogen) atoms. The lowest BCUT2D eigenvalue weighted by Crippen LogP contribution is -2.15. The maximum atomic E-state index is 12.2. The number of amides is 1. The number of nitro groups is 1. The molecule has 0 aromatic heterocycles. The summed E-state index contributed by atoms with van der Waals surface area (Å²) in [5.74, 6) is -1.01. The molecule has 3 N–H and O–H groups in total. The van der Waals surface area contributed by atoms with E-state index >= 15 is 0 Å². The number of nitro benzene ring substituents is 1. The summed E-state index contributed by atoms with van der Waals surface area (Å²) in [6, 6.07) is 9.63. The summed E-state index contributed by atoms with van der Waals surface area (Å²) >= 11 is 5.70. The number of carbonyl (C=O) groups excluding carboxylic acids is 1. The molecule has 0 bridgehead atoms. The van der Waals surface area contributed by atoms with Crippen molar-refractivity contribution < 1.29 is 18.1 Å². The van der Waals surface area contributed by atoms with Gasteiger partial charge in [0, 0.05) is 16.8 Å². The lowest BCUT2D eigenvalue weighted by molar-refractivity contribution is -0.385. The van der Waals surface area contributed by atoms with Gasteiger partial charge in [-0.2, -0.15) is 0 Å². The third-order valence-electron chi connectivity index (χ3n) is 2.98. The predicted molar refractivity (Wildman–Crippen MR) is 89.3 cm³/mol. The number of nitrogens with zero attached hydrogens (tertiary/aromatic N) is 1. The normalized spacial score (nSPS) is 11.1. The third-order valence-corrected chi connectivity index (χ3v) is 3.95. The van der Waals surface area contributed by atoms with Gasteiger partial charge in [0.2, 0.25) is 10.0 Å². The smallest absolute Gasteiger partial charge is 0.283 e. The molecule has 126 valence electrons. The highest BCUT2D eigenvalue weighted by atomic mass is 35.5. The van der Waals surface area contributed by atoms with Crippen LogP contribution < -0.4 is 10.5 Å². The number of rotatable bonds is 5. The van der Waals surface area contributed by atoms with Gasteiger partial charge in [-0.05, 0) is 29.8 Å². The van der Waals surface area contributed by atoms with Crippen molar-refractivity contribution in [3.05, 3.63) is 68.7 Å². The van der Waals surface area contributed by atoms with Crippen LogP contribution in [0.4, 0.5) is 11.4 Å². The molecule has 0 saturated heterocycles. The van der Waals surface area contributed by atoms with E-state index in [2.05, 4.69) is 5.32 Å². The van der Waals surface area contributed by atoms with Gasteiger partial charge in [-0.3, -0.25) is 14.9 Å². The quantitative estimate of drug-likeness (QED) is 0.616. The van der Waals surface area contributed by atoms with Crippen molar-refractivity contribution in [1.29, 1.82) is 0 Å². The summed E-state index contributed by atoms with van der Waals surface area (Å²) in [4.78, 5) is 22.5. The Balaban J connectivity index is 2.20. The molecule has 0 aliphatic rings. The first-order valence-corrected chi connectivity index (χ1v) is 8.60. The molecular formula is C14H12ClN3O5S. The van der Waals surface area contributed by atoms with Crippen LogP contribution in [0.2, 0.25) is 5.02 Å². The van der Waals surface area contributed by atoms with Gasteiger partial charge < -0.3 is 5.32 Å². The fourth-order valence-corrected chi connectivity index (χ4v) is 2.79. The molecule has 8 nitrogen and oxygen atoms in total. The van der Waals surface area contributed by atoms with Crippen LogP contribution in [0.3, 0.4) is 0 Å². The van der Waals surface area contributed by atoms with Gasteiger partial charge in [0.25, 0.3) is 11.6 Å². The zero-order valence-electron chi connectivity index (χ0n) is 12.1. The number of benzene rings is 2. The van der Waals surface area contributed by atoms with Crippen molar-refractivity contribution >= 4 is 38.9 Å². The molecule has 0 saturated carbocycles. The molecule has 2 aromatic carbocycles. The lowest BCUT2D eigenvalue weighted by atomic mass is 10.1. The minimum atomic E-state index is -3.65. The van der Waals surface area contributed by atoms with Crippen molar-refractivity contribution in [1.82, 2.24) is 0 Å². The first kappa shape index (κ1) is 17.9. The average Bonchev–Trinajstić information content (AvgIpc) is 2.47. The highest BCUT2D eigenvalue weighted by molar-refractivity contribution is 7.88. The number of sulfonamides is 1. The minimum absolute atomic E-state index is 0.141. The van der Waals surface area contributed by atoms with Gasteiger partial charge in [0.05, 0.1) is 10.7 Å². The molecule has 2 aromatic rings. The monoisotopic (exact) mass is 369 g/mol. The first-order chi connectivity index (χ1) is 11.2. The Labute approximate surface area is 142 Å². The zero-order valence-corrected chi connectivity index (χ0v) is 13.7. The largest absolute Gasteiger partial charge is 0.322 e. The van der Waals surface area contributed by atoms with Crippen molar-refractivity contribution in [2.75, 3.05) is 5.32 Å². The van der Waals surface area contributed by atoms with Gasteiger partial charge in [-0.1, -0.05) is 23.7 Å². The third kappa shape index (κ3) is 4.75. The van der Waals surface area contributed by atoms with E-state index in [1.165, 1.54) is 36.4 Å². The molecular weight excluding hydrogens is 358 g/mol. The molecule has 0 heterocycles. The number of carbonyl (C=O) groups is 1. The maximum absolute atomic E-state index is 12.2. The lowest BCUT2D eigenvalue weighted by Gasteiger charge is -2.07. The Bertz CT molecular complexity index is 897. The number of anilines is 1. The molecule has 0 radical (unpaired) electrons. The van der Waals surface area contributed by atoms with E-state index in [4.69, 9.17) is 16.7 Å². The highest BCUT2D eigenvalue weighted by Gasteiger charge is 2.20. The van der Waals surface area contributed by atoms with Gasteiger partial charge in [-0.25, -0.2) is 13.6 Å². The average molecular weight is 370 g/mol. The molecule has 0 spiro atoms. The van der Waals surface area contributed by atoms with Crippen molar-refractivity contribution in [2.45, 2.75) is 5.75 Å². The fourth-order valence-electron chi connectivity index (χ4n) is 1.96. The van der Waals surface area contributed by atoms with Crippen LogP contribution in [-0.2, 0) is 15.8 Å². The Morgan fingerprint density at radius 2 is 1.83 bits per heavy atom. The van der Waals surface area contributed by atoms with Crippen LogP contribution in [0.1, 0.15) is 15.9 Å². The Morgan fingerprint density at radius 3 is 2.38 bits per heavy atom. The van der Waals surface area contributed by atoms with E-state index in [9.17, 15) is 23.3 Å². The summed E-state index contributed by atoms with van der Waals surface area (Å²) in [6.45, 7) is 0. The van der Waals surface area contributed by atoms with Crippen molar-refractivity contribution in [3.63, 3.8) is 0 Å². The maximum Gasteiger partial charge on any atom is 0.283 e. The second-order valence-corrected chi connectivity index (χ2v) is 6.93. The van der Waals surface area contributed by atoms with Crippen molar-refractivity contribution in [2.24, 2.45) is 5.14 Å². The first-order valence-electron chi connectivity index (χ1n) is 6.50. The number of nitrogens with one attached hydrogen (secondary N) is 1. The molecule has 10 heteroatoms. The number of hydrogen-bond acceptors (Lipinski definition) is 5. The van der Waals surface area contributed by atoms with Crippen LogP contribution in [0.5, 0.6) is 0 Å². The van der Waals surface area contributed by atoms with Gasteiger partial charge in [-0.15, -0.1) is 0 Å². The number of nitrogens with two attached hydrogens (primary N) is 1. The predicted octanol–water partition coefficient (Wildman–Crippen LogP) is 2.29. The summed E-state index contributed by atoms with van der Waals surface area (Å²) < 4.78 is 22.0. The summed E-state index contributed by atoms with van der Waals surface area (Å²) in [5.41, 5.74) is 0.249. The van der Waals surface area contributed by atoms with Gasteiger partial charge >= 0.3 is 0 Å². The molecule has 0 aliphatic carbocycles. The Hall–Kier alpha value is -2.49. The molecule has 0 aliphatic heterocycles. The highest BCUT2D eigenvalue weighted by Crippen LogP contribution is 2.24. The van der Waals surface area contributed by atoms with E-state index in [0.29, 0.717) is 11.3 Å². The topological polar surface area (TPSA) is 132 Å². The molecule has 0 unspecified atom stereocenters. The summed E-state index contributed by atoms with van der Waals surface area (Å²) in [6.07, 6.45) is 0. The number of primary sulfonamides is 1. The van der Waals surface area contributed by atoms with E-state index in [1.54, 1.807) is 0 Å².